The Kier molecular flexibility index (Phi) is 1.54. The van der Waals surface area contributed by atoms with Gasteiger partial charge in [-0.05, 0) is 38.1 Å². The molecule has 1 spiro atoms. The van der Waals surface area contributed by atoms with Gasteiger partial charge >= 0.3 is 0 Å². The summed E-state index contributed by atoms with van der Waals surface area (Å²) in [7, 11) is -0.904. The smallest absolute Gasteiger partial charge is 0.165 e. The maximum absolute atomic E-state index is 10.7. The molecule has 1 aromatic carbocycles. The van der Waals surface area contributed by atoms with Crippen LogP contribution in [0.1, 0.15) is 25.8 Å². The van der Waals surface area contributed by atoms with Gasteiger partial charge in [-0.2, -0.15) is 0 Å². The first kappa shape index (κ1) is 8.37. The minimum atomic E-state index is -2.70. The van der Waals surface area contributed by atoms with Crippen molar-refractivity contribution in [1.82, 2.24) is 4.90 Å². The van der Waals surface area contributed by atoms with Gasteiger partial charge in [0.1, 0.15) is 12.2 Å². The Balaban J connectivity index is 1.86. The summed E-state index contributed by atoms with van der Waals surface area (Å²) in [5, 5.41) is 10.7. The summed E-state index contributed by atoms with van der Waals surface area (Å²) in [6.45, 7) is 0.456. The predicted molar refractivity (Wildman–Crippen MR) is 82.5 cm³/mol. The maximum atomic E-state index is 10.7. The van der Waals surface area contributed by atoms with Crippen LogP contribution in [0, 0.1) is 5.89 Å². The number of rotatable bonds is 1. The van der Waals surface area contributed by atoms with Crippen LogP contribution in [0.2, 0.25) is 0 Å². The second-order valence-electron chi connectivity index (χ2n) is 6.41. The second kappa shape index (κ2) is 4.06. The van der Waals surface area contributed by atoms with Gasteiger partial charge in [-0.1, -0.05) is 18.2 Å². The highest BCUT2D eigenvalue weighted by Gasteiger charge is 2.64. The van der Waals surface area contributed by atoms with E-state index >= 15 is 0 Å². The van der Waals surface area contributed by atoms with Gasteiger partial charge in [0.05, 0.1) is 12.5 Å². The van der Waals surface area contributed by atoms with E-state index in [-0.39, 0.29) is 17.9 Å². The fraction of sp³-hybridized carbons (Fsp3) is 0.556. The van der Waals surface area contributed by atoms with Gasteiger partial charge < -0.3 is 19.5 Å². The van der Waals surface area contributed by atoms with Gasteiger partial charge in [-0.15, -0.1) is 0 Å². The molecule has 0 saturated carbocycles. The average molecular weight is 305 g/mol. The molecule has 5 atom stereocenters. The van der Waals surface area contributed by atoms with Gasteiger partial charge in [0, 0.05) is 25.6 Å². The second-order valence-corrected chi connectivity index (χ2v) is 6.41. The molecule has 1 saturated heterocycles. The van der Waals surface area contributed by atoms with Crippen LogP contribution in [0.3, 0.4) is 0 Å². The van der Waals surface area contributed by atoms with E-state index in [0.29, 0.717) is 18.5 Å². The first-order chi connectivity index (χ1) is 12.9. The first-order valence-electron chi connectivity index (χ1n) is 10.5. The predicted octanol–water partition coefficient (Wildman–Crippen LogP) is 1.50. The van der Waals surface area contributed by atoms with Gasteiger partial charge in [0.25, 0.3) is 0 Å². The zero-order valence-electron chi connectivity index (χ0n) is 18.2. The number of aliphatic hydroxyl groups excluding tert-OH is 1. The monoisotopic (exact) mass is 305 g/mol. The largest absolute Gasteiger partial charge is 0.493 e. The van der Waals surface area contributed by atoms with Crippen LogP contribution in [-0.4, -0.2) is 48.8 Å². The van der Waals surface area contributed by atoms with Crippen molar-refractivity contribution in [2.45, 2.75) is 36.5 Å². The lowest BCUT2D eigenvalue weighted by molar-refractivity contribution is -0.0453. The summed E-state index contributed by atoms with van der Waals surface area (Å²) < 4.78 is 61.1. The Morgan fingerprint density at radius 1 is 1.50 bits per heavy atom. The highest BCUT2D eigenvalue weighted by molar-refractivity contribution is 5.62. The number of likely N-dealkylation sites (N-methyl/N-ethyl adjacent to an activating group) is 1. The van der Waals surface area contributed by atoms with E-state index in [1.165, 1.54) is 18.2 Å². The van der Waals surface area contributed by atoms with E-state index in [1.807, 2.05) is 4.90 Å². The number of aliphatic hydroxyl groups is 1. The Bertz CT molecular complexity index is 921. The molecule has 2 aliphatic carbocycles. The molecule has 22 heavy (non-hydrogen) atoms. The number of hydrogen-bond acceptors (Lipinski definition) is 4. The fourth-order valence-corrected chi connectivity index (χ4v) is 4.53. The van der Waals surface area contributed by atoms with Crippen molar-refractivity contribution < 1.29 is 22.8 Å². The molecule has 4 heteroatoms. The van der Waals surface area contributed by atoms with Crippen molar-refractivity contribution in [1.29, 1.82) is 0 Å². The quantitative estimate of drug-likeness (QED) is 0.799. The summed E-state index contributed by atoms with van der Waals surface area (Å²) in [4.78, 5) is 1.82. The van der Waals surface area contributed by atoms with E-state index in [4.69, 9.17) is 15.0 Å². The van der Waals surface area contributed by atoms with Gasteiger partial charge in [-0.3, -0.25) is 0 Å². The van der Waals surface area contributed by atoms with Crippen molar-refractivity contribution >= 4 is 0 Å². The Labute approximate surface area is 138 Å². The van der Waals surface area contributed by atoms with E-state index in [9.17, 15) is 7.85 Å². The normalized spacial score (nSPS) is 55.6. The SMILES string of the molecule is [2H]C([2H])([2H])Oc1ccc2c3c1OC1([2H])C(O)C=C[C@@]4([2H])[C@@]([2H])(C2)N(C)CC[C@]314. The molecule has 0 amide bonds. The molecule has 116 valence electrons. The number of methoxy groups -OCH3 is 1. The molecule has 2 bridgehead atoms. The maximum Gasteiger partial charge on any atom is 0.165 e. The van der Waals surface area contributed by atoms with Crippen LogP contribution in [0.4, 0.5) is 0 Å². The minimum Gasteiger partial charge on any atom is -0.493 e. The van der Waals surface area contributed by atoms with Gasteiger partial charge in [-0.25, -0.2) is 0 Å². The zero-order valence-corrected chi connectivity index (χ0v) is 12.2. The third-order valence-electron chi connectivity index (χ3n) is 5.50. The van der Waals surface area contributed by atoms with Crippen LogP contribution in [0.25, 0.3) is 0 Å². The van der Waals surface area contributed by atoms with Crippen molar-refractivity contribution in [2.75, 3.05) is 20.6 Å². The molecular formula is C18H21NO3. The highest BCUT2D eigenvalue weighted by atomic mass is 16.5. The Morgan fingerprint density at radius 2 is 2.41 bits per heavy atom. The molecule has 1 aromatic rings. The zero-order chi connectivity index (χ0) is 20.3. The number of ether oxygens (including phenoxy) is 2. The van der Waals surface area contributed by atoms with Crippen LogP contribution in [0.15, 0.2) is 24.3 Å². The topological polar surface area (TPSA) is 41.9 Å². The summed E-state index contributed by atoms with van der Waals surface area (Å²) in [5.74, 6) is -1.47. The van der Waals surface area contributed by atoms with Crippen molar-refractivity contribution in [2.24, 2.45) is 5.89 Å². The summed E-state index contributed by atoms with van der Waals surface area (Å²) in [5.41, 5.74) is -0.0352. The summed E-state index contributed by atoms with van der Waals surface area (Å²) in [6, 6.07) is 1.83. The molecular weight excluding hydrogens is 278 g/mol. The number of benzene rings is 1. The standard InChI is InChI=1S/C18H21NO3/c1-19-8-7-18-11-4-5-13(20)17(18)22-16-14(21-2)6-3-10(15(16)18)9-12(11)19/h3-6,11-13,17,20H,7-9H2,1-2H3/t11-,12+,13?,17?,18-/m0/s1/i2D3,11D,12D,17D. The third-order valence-corrected chi connectivity index (χ3v) is 5.50. The molecule has 2 unspecified atom stereocenters. The van der Waals surface area contributed by atoms with E-state index in [1.54, 1.807) is 13.1 Å². The van der Waals surface area contributed by atoms with Crippen LogP contribution in [0.5, 0.6) is 11.5 Å². The number of nitrogens with zero attached hydrogens (tertiary/aromatic N) is 1. The summed E-state index contributed by atoms with van der Waals surface area (Å²) in [6.07, 6.45) is 0.189. The molecule has 1 fully saturated rings. The molecule has 4 aliphatic rings. The van der Waals surface area contributed by atoms with Crippen LogP contribution < -0.4 is 9.47 Å². The van der Waals surface area contributed by atoms with Crippen LogP contribution >= 0.6 is 0 Å². The summed E-state index contributed by atoms with van der Waals surface area (Å²) >= 11 is 0. The number of hydrogen-bond donors (Lipinski definition) is 1. The minimum absolute atomic E-state index is 0.0277. The van der Waals surface area contributed by atoms with Crippen molar-refractivity contribution in [3.8, 4) is 11.5 Å². The molecule has 0 aromatic heterocycles. The first-order valence-corrected chi connectivity index (χ1v) is 7.53. The Morgan fingerprint density at radius 3 is 3.27 bits per heavy atom. The number of likely N-dealkylation sites (tertiary alicyclic amines) is 1. The molecule has 0 radical (unpaired) electrons. The van der Waals surface area contributed by atoms with Gasteiger partial charge in [0.2, 0.25) is 0 Å². The van der Waals surface area contributed by atoms with Crippen molar-refractivity contribution in [3.05, 3.63) is 35.4 Å². The van der Waals surface area contributed by atoms with E-state index < -0.39 is 36.5 Å². The molecule has 2 heterocycles. The molecule has 4 nitrogen and oxygen atoms in total. The average Bonchev–Trinajstić information content (AvgIpc) is 2.87. The highest BCUT2D eigenvalue weighted by Crippen LogP contribution is 2.62. The van der Waals surface area contributed by atoms with Crippen LogP contribution in [-0.2, 0) is 11.8 Å². The lowest BCUT2D eigenvalue weighted by atomic mass is 9.53. The molecule has 1 N–H and O–H groups in total. The van der Waals surface area contributed by atoms with Crippen molar-refractivity contribution in [3.63, 3.8) is 0 Å². The lowest BCUT2D eigenvalue weighted by Crippen LogP contribution is -2.64. The van der Waals surface area contributed by atoms with Gasteiger partial charge in [0.15, 0.2) is 11.5 Å². The molecule has 2 aliphatic heterocycles. The number of piperidine rings is 1. The molecule has 5 rings (SSSR count). The Hall–Kier alpha value is -1.52. The van der Waals surface area contributed by atoms with E-state index in [2.05, 4.69) is 0 Å². The fourth-order valence-electron chi connectivity index (χ4n) is 4.53. The van der Waals surface area contributed by atoms with E-state index in [0.717, 1.165) is 5.56 Å². The lowest BCUT2D eigenvalue weighted by Gasteiger charge is -2.56. The third kappa shape index (κ3) is 1.28.